The fraction of sp³-hybridized carbons (Fsp3) is 1.00. The van der Waals surface area contributed by atoms with E-state index in [1.165, 1.54) is 0 Å². The Labute approximate surface area is 59.5 Å². The predicted octanol–water partition coefficient (Wildman–Crippen LogP) is -1.94. The predicted molar refractivity (Wildman–Crippen MR) is 35.5 cm³/mol. The highest BCUT2D eigenvalue weighted by Crippen LogP contribution is 2.10. The topological polar surface area (TPSA) is 72.7 Å². The van der Waals surface area contributed by atoms with E-state index in [-0.39, 0.29) is 6.04 Å². The number of aliphatic hydroxyl groups excluding tert-OH is 3. The molecule has 1 heterocycles. The zero-order valence-corrected chi connectivity index (χ0v) is 5.86. The molecular formula is C6H13NO3. The van der Waals surface area contributed by atoms with E-state index in [4.69, 9.17) is 15.3 Å². The summed E-state index contributed by atoms with van der Waals surface area (Å²) in [6.07, 6.45) is -2.19. The Morgan fingerprint density at radius 3 is 2.30 bits per heavy atom. The van der Waals surface area contributed by atoms with Crippen LogP contribution in [-0.2, 0) is 0 Å². The van der Waals surface area contributed by atoms with E-state index >= 15 is 0 Å². The first-order chi connectivity index (χ1) is 4.63. The van der Waals surface area contributed by atoms with Gasteiger partial charge < -0.3 is 20.6 Å². The van der Waals surface area contributed by atoms with Crippen LogP contribution in [-0.4, -0.2) is 46.2 Å². The molecule has 0 bridgehead atoms. The van der Waals surface area contributed by atoms with Gasteiger partial charge in [-0.3, -0.25) is 0 Å². The lowest BCUT2D eigenvalue weighted by molar-refractivity contribution is 0.0114. The van der Waals surface area contributed by atoms with E-state index < -0.39 is 18.3 Å². The van der Waals surface area contributed by atoms with Crippen LogP contribution in [0.25, 0.3) is 0 Å². The van der Waals surface area contributed by atoms with E-state index in [0.29, 0.717) is 6.54 Å². The summed E-state index contributed by atoms with van der Waals surface area (Å²) in [6.45, 7) is 1.94. The molecule has 4 nitrogen and oxygen atoms in total. The summed E-state index contributed by atoms with van der Waals surface area (Å²) < 4.78 is 0. The highest BCUT2D eigenvalue weighted by Gasteiger charge is 2.35. The Hall–Kier alpha value is -0.160. The molecular weight excluding hydrogens is 134 g/mol. The molecule has 1 aliphatic rings. The molecule has 0 aromatic carbocycles. The second kappa shape index (κ2) is 2.84. The van der Waals surface area contributed by atoms with Gasteiger partial charge in [-0.05, 0) is 6.92 Å². The smallest absolute Gasteiger partial charge is 0.0989 e. The molecule has 0 unspecified atom stereocenters. The maximum atomic E-state index is 9.16. The van der Waals surface area contributed by atoms with Crippen molar-refractivity contribution in [3.8, 4) is 0 Å². The molecule has 1 saturated heterocycles. The first kappa shape index (κ1) is 7.94. The van der Waals surface area contributed by atoms with Crippen molar-refractivity contribution in [3.63, 3.8) is 0 Å². The summed E-state index contributed by atoms with van der Waals surface area (Å²) >= 11 is 0. The Kier molecular flexibility index (Phi) is 2.25. The number of nitrogens with one attached hydrogen (secondary N) is 1. The second-order valence-corrected chi connectivity index (χ2v) is 2.73. The summed E-state index contributed by atoms with van der Waals surface area (Å²) in [7, 11) is 0. The summed E-state index contributed by atoms with van der Waals surface area (Å²) in [6, 6.07) is -0.380. The summed E-state index contributed by atoms with van der Waals surface area (Å²) in [5, 5.41) is 30.0. The van der Waals surface area contributed by atoms with Crippen LogP contribution in [0.1, 0.15) is 6.92 Å². The van der Waals surface area contributed by atoms with Crippen molar-refractivity contribution in [1.29, 1.82) is 0 Å². The third kappa shape index (κ3) is 1.29. The summed E-state index contributed by atoms with van der Waals surface area (Å²) in [4.78, 5) is 0. The number of β-amino-alcohol motifs (C(OH)–C–C–N with tert-alkyl or cyclic N) is 1. The summed E-state index contributed by atoms with van der Waals surface area (Å²) in [5.74, 6) is 0. The van der Waals surface area contributed by atoms with Crippen LogP contribution in [0.15, 0.2) is 0 Å². The first-order valence-corrected chi connectivity index (χ1v) is 3.40. The Morgan fingerprint density at radius 2 is 2.10 bits per heavy atom. The standard InChI is InChI=1S/C6H13NO3/c1-3(8)5-6(10)4(9)2-7-5/h3-10H,2H2,1H3/t3-,4+,5+,6+/m1/s1. The van der Waals surface area contributed by atoms with Gasteiger partial charge in [-0.1, -0.05) is 0 Å². The lowest BCUT2D eigenvalue weighted by Gasteiger charge is -2.18. The quantitative estimate of drug-likeness (QED) is 0.348. The maximum absolute atomic E-state index is 9.16. The monoisotopic (exact) mass is 147 g/mol. The van der Waals surface area contributed by atoms with Crippen LogP contribution in [0.5, 0.6) is 0 Å². The average Bonchev–Trinajstić information content (AvgIpc) is 2.14. The third-order valence-electron chi connectivity index (χ3n) is 1.84. The van der Waals surface area contributed by atoms with Crippen LogP contribution < -0.4 is 5.32 Å². The largest absolute Gasteiger partial charge is 0.392 e. The molecule has 0 spiro atoms. The first-order valence-electron chi connectivity index (χ1n) is 3.40. The third-order valence-corrected chi connectivity index (χ3v) is 1.84. The number of rotatable bonds is 1. The van der Waals surface area contributed by atoms with E-state index in [2.05, 4.69) is 5.32 Å². The van der Waals surface area contributed by atoms with Gasteiger partial charge in [0.05, 0.1) is 24.4 Å². The fourth-order valence-corrected chi connectivity index (χ4v) is 1.19. The molecule has 4 atom stereocenters. The van der Waals surface area contributed by atoms with Crippen molar-refractivity contribution in [2.75, 3.05) is 6.54 Å². The van der Waals surface area contributed by atoms with Gasteiger partial charge >= 0.3 is 0 Å². The van der Waals surface area contributed by atoms with Gasteiger partial charge in [0.1, 0.15) is 0 Å². The highest BCUT2D eigenvalue weighted by atomic mass is 16.3. The number of aliphatic hydroxyl groups is 3. The molecule has 1 fully saturated rings. The molecule has 0 saturated carbocycles. The normalized spacial score (nSPS) is 43.8. The molecule has 0 radical (unpaired) electrons. The van der Waals surface area contributed by atoms with E-state index in [1.54, 1.807) is 6.92 Å². The minimum absolute atomic E-state index is 0.358. The fourth-order valence-electron chi connectivity index (χ4n) is 1.19. The minimum atomic E-state index is -0.833. The summed E-state index contributed by atoms with van der Waals surface area (Å²) in [5.41, 5.74) is 0. The van der Waals surface area contributed by atoms with Crippen molar-refractivity contribution in [2.45, 2.75) is 31.3 Å². The van der Waals surface area contributed by atoms with Crippen molar-refractivity contribution < 1.29 is 15.3 Å². The average molecular weight is 147 g/mol. The zero-order valence-electron chi connectivity index (χ0n) is 5.86. The molecule has 0 aromatic rings. The molecule has 10 heavy (non-hydrogen) atoms. The molecule has 0 aliphatic carbocycles. The second-order valence-electron chi connectivity index (χ2n) is 2.73. The van der Waals surface area contributed by atoms with Crippen LogP contribution in [0.4, 0.5) is 0 Å². The highest BCUT2D eigenvalue weighted by molar-refractivity contribution is 4.92. The molecule has 0 amide bonds. The molecule has 4 heteroatoms. The van der Waals surface area contributed by atoms with Crippen LogP contribution >= 0.6 is 0 Å². The van der Waals surface area contributed by atoms with Crippen LogP contribution in [0.3, 0.4) is 0 Å². The van der Waals surface area contributed by atoms with Crippen molar-refractivity contribution in [2.24, 2.45) is 0 Å². The Bertz CT molecular complexity index is 118. The van der Waals surface area contributed by atoms with Crippen LogP contribution in [0.2, 0.25) is 0 Å². The van der Waals surface area contributed by atoms with Gasteiger partial charge in [-0.25, -0.2) is 0 Å². The van der Waals surface area contributed by atoms with Crippen LogP contribution in [0, 0.1) is 0 Å². The lowest BCUT2D eigenvalue weighted by Crippen LogP contribution is -2.41. The minimum Gasteiger partial charge on any atom is -0.392 e. The van der Waals surface area contributed by atoms with Crippen molar-refractivity contribution in [3.05, 3.63) is 0 Å². The van der Waals surface area contributed by atoms with Gasteiger partial charge in [0.15, 0.2) is 0 Å². The number of hydrogen-bond donors (Lipinski definition) is 4. The van der Waals surface area contributed by atoms with E-state index in [0.717, 1.165) is 0 Å². The molecule has 4 N–H and O–H groups in total. The SMILES string of the molecule is C[C@@H](O)[C@@H]1NC[C@H](O)[C@@H]1O. The van der Waals surface area contributed by atoms with Gasteiger partial charge in [0, 0.05) is 6.54 Å². The maximum Gasteiger partial charge on any atom is 0.0989 e. The van der Waals surface area contributed by atoms with Gasteiger partial charge in [0.2, 0.25) is 0 Å². The Morgan fingerprint density at radius 1 is 1.50 bits per heavy atom. The van der Waals surface area contributed by atoms with Gasteiger partial charge in [-0.15, -0.1) is 0 Å². The van der Waals surface area contributed by atoms with E-state index in [9.17, 15) is 0 Å². The number of hydrogen-bond acceptors (Lipinski definition) is 4. The molecule has 0 aromatic heterocycles. The van der Waals surface area contributed by atoms with Crippen molar-refractivity contribution in [1.82, 2.24) is 5.32 Å². The molecule has 1 aliphatic heterocycles. The van der Waals surface area contributed by atoms with Gasteiger partial charge in [-0.2, -0.15) is 0 Å². The van der Waals surface area contributed by atoms with Crippen molar-refractivity contribution >= 4 is 0 Å². The van der Waals surface area contributed by atoms with Gasteiger partial charge in [0.25, 0.3) is 0 Å². The zero-order chi connectivity index (χ0) is 7.72. The van der Waals surface area contributed by atoms with E-state index in [1.807, 2.05) is 0 Å². The molecule has 60 valence electrons. The Balaban J connectivity index is 2.49. The molecule has 1 rings (SSSR count). The lowest BCUT2D eigenvalue weighted by atomic mass is 10.1.